The first-order valence-electron chi connectivity index (χ1n) is 3.38. The van der Waals surface area contributed by atoms with E-state index in [4.69, 9.17) is 16.3 Å². The van der Waals surface area contributed by atoms with Crippen LogP contribution in [0.2, 0.25) is 5.15 Å². The Balaban J connectivity index is 3.19. The van der Waals surface area contributed by atoms with Gasteiger partial charge in [-0.05, 0) is 6.92 Å². The Hall–Kier alpha value is -0.870. The highest BCUT2D eigenvalue weighted by Gasteiger charge is 2.01. The average molecular weight is 189 g/mol. The minimum absolute atomic E-state index is 0.200. The van der Waals surface area contributed by atoms with Gasteiger partial charge < -0.3 is 4.74 Å². The zero-order valence-corrected chi connectivity index (χ0v) is 7.63. The molecule has 0 saturated heterocycles. The van der Waals surface area contributed by atoms with E-state index in [1.807, 2.05) is 0 Å². The molecule has 0 radical (unpaired) electrons. The van der Waals surface area contributed by atoms with E-state index in [2.05, 4.69) is 4.98 Å². The van der Waals surface area contributed by atoms with Crippen molar-refractivity contribution < 1.29 is 4.74 Å². The number of nitrogens with zero attached hydrogens (tertiary/aromatic N) is 2. The maximum absolute atomic E-state index is 11.2. The first-order valence-corrected chi connectivity index (χ1v) is 3.76. The zero-order chi connectivity index (χ0) is 9.14. The third kappa shape index (κ3) is 1.84. The van der Waals surface area contributed by atoms with Crippen LogP contribution in [0.1, 0.15) is 5.82 Å². The Bertz CT molecular complexity index is 335. The molecular weight excluding hydrogens is 180 g/mol. The van der Waals surface area contributed by atoms with E-state index in [9.17, 15) is 4.79 Å². The highest BCUT2D eigenvalue weighted by molar-refractivity contribution is 6.29. The van der Waals surface area contributed by atoms with Crippen LogP contribution in [0.4, 0.5) is 0 Å². The fourth-order valence-electron chi connectivity index (χ4n) is 0.873. The van der Waals surface area contributed by atoms with Gasteiger partial charge in [0, 0.05) is 13.2 Å². The third-order valence-electron chi connectivity index (χ3n) is 1.43. The molecule has 0 fully saturated rings. The lowest BCUT2D eigenvalue weighted by atomic mass is 10.5. The van der Waals surface area contributed by atoms with Crippen molar-refractivity contribution in [3.05, 3.63) is 27.4 Å². The molecule has 0 saturated carbocycles. The van der Waals surface area contributed by atoms with Crippen molar-refractivity contribution in [1.82, 2.24) is 9.55 Å². The summed E-state index contributed by atoms with van der Waals surface area (Å²) in [5, 5.41) is 0.213. The molecule has 1 aromatic heterocycles. The van der Waals surface area contributed by atoms with E-state index in [1.54, 1.807) is 6.92 Å². The molecule has 4 nitrogen and oxygen atoms in total. The second kappa shape index (κ2) is 3.69. The summed E-state index contributed by atoms with van der Waals surface area (Å²) in [4.78, 5) is 15.1. The van der Waals surface area contributed by atoms with Crippen molar-refractivity contribution in [2.45, 2.75) is 13.7 Å². The van der Waals surface area contributed by atoms with Crippen molar-refractivity contribution >= 4 is 11.6 Å². The molecule has 12 heavy (non-hydrogen) atoms. The summed E-state index contributed by atoms with van der Waals surface area (Å²) in [5.41, 5.74) is -0.200. The summed E-state index contributed by atoms with van der Waals surface area (Å²) in [7, 11) is 1.51. The van der Waals surface area contributed by atoms with Gasteiger partial charge in [0.25, 0.3) is 5.56 Å². The molecule has 0 N–H and O–H groups in total. The summed E-state index contributed by atoms with van der Waals surface area (Å²) >= 11 is 5.56. The first kappa shape index (κ1) is 9.22. The molecule has 0 aliphatic carbocycles. The van der Waals surface area contributed by atoms with E-state index in [0.29, 0.717) is 5.82 Å². The van der Waals surface area contributed by atoms with Crippen LogP contribution in [0.5, 0.6) is 0 Å². The molecule has 0 aliphatic rings. The van der Waals surface area contributed by atoms with E-state index < -0.39 is 0 Å². The van der Waals surface area contributed by atoms with Gasteiger partial charge in [0.2, 0.25) is 0 Å². The van der Waals surface area contributed by atoms with E-state index in [-0.39, 0.29) is 17.4 Å². The highest BCUT2D eigenvalue weighted by Crippen LogP contribution is 2.00. The number of rotatable bonds is 2. The molecule has 0 aromatic carbocycles. The van der Waals surface area contributed by atoms with Crippen molar-refractivity contribution in [1.29, 1.82) is 0 Å². The maximum Gasteiger partial charge on any atom is 0.256 e. The predicted octanol–water partition coefficient (Wildman–Crippen LogP) is 0.809. The zero-order valence-electron chi connectivity index (χ0n) is 6.87. The Morgan fingerprint density at radius 1 is 1.75 bits per heavy atom. The average Bonchev–Trinajstić information content (AvgIpc) is 1.96. The lowest BCUT2D eigenvalue weighted by Gasteiger charge is -2.06. The van der Waals surface area contributed by atoms with Crippen LogP contribution < -0.4 is 5.56 Å². The summed E-state index contributed by atoms with van der Waals surface area (Å²) in [6.45, 7) is 1.90. The normalized spacial score (nSPS) is 10.2. The molecule has 5 heteroatoms. The molecule has 0 bridgehead atoms. The number of ether oxygens (including phenoxy) is 1. The Labute approximate surface area is 74.8 Å². The first-order chi connectivity index (χ1) is 5.65. The lowest BCUT2D eigenvalue weighted by molar-refractivity contribution is 0.125. The smallest absolute Gasteiger partial charge is 0.256 e. The molecule has 1 rings (SSSR count). The predicted molar refractivity (Wildman–Crippen MR) is 45.3 cm³/mol. The topological polar surface area (TPSA) is 44.1 Å². The van der Waals surface area contributed by atoms with Gasteiger partial charge in [0.15, 0.2) is 0 Å². The number of aromatic nitrogens is 2. The lowest BCUT2D eigenvalue weighted by Crippen LogP contribution is -2.23. The fourth-order valence-corrected chi connectivity index (χ4v) is 1.09. The SMILES string of the molecule is COCn1c(C)nc(Cl)cc1=O. The number of hydrogen-bond donors (Lipinski definition) is 0. The Morgan fingerprint density at radius 2 is 2.42 bits per heavy atom. The molecule has 0 unspecified atom stereocenters. The van der Waals surface area contributed by atoms with Crippen molar-refractivity contribution in [2.24, 2.45) is 0 Å². The Kier molecular flexibility index (Phi) is 2.83. The van der Waals surface area contributed by atoms with E-state index in [0.717, 1.165) is 0 Å². The molecule has 66 valence electrons. The standard InChI is InChI=1S/C7H9ClN2O2/c1-5-9-6(8)3-7(11)10(5)4-12-2/h3H,4H2,1-2H3. The molecule has 0 aliphatic heterocycles. The summed E-state index contributed by atoms with van der Waals surface area (Å²) in [6, 6.07) is 1.26. The molecule has 0 spiro atoms. The van der Waals surface area contributed by atoms with Gasteiger partial charge in [-0.2, -0.15) is 0 Å². The van der Waals surface area contributed by atoms with Crippen LogP contribution in [0.25, 0.3) is 0 Å². The minimum atomic E-state index is -0.200. The van der Waals surface area contributed by atoms with Crippen molar-refractivity contribution in [3.8, 4) is 0 Å². The molecule has 0 atom stereocenters. The third-order valence-corrected chi connectivity index (χ3v) is 1.62. The number of hydrogen-bond acceptors (Lipinski definition) is 3. The minimum Gasteiger partial charge on any atom is -0.364 e. The van der Waals surface area contributed by atoms with Gasteiger partial charge in [0.1, 0.15) is 17.7 Å². The van der Waals surface area contributed by atoms with Gasteiger partial charge >= 0.3 is 0 Å². The highest BCUT2D eigenvalue weighted by atomic mass is 35.5. The van der Waals surface area contributed by atoms with Crippen LogP contribution in [0.15, 0.2) is 10.9 Å². The second-order valence-electron chi connectivity index (χ2n) is 2.31. The van der Waals surface area contributed by atoms with Gasteiger partial charge in [0.05, 0.1) is 0 Å². The van der Waals surface area contributed by atoms with Crippen LogP contribution in [-0.4, -0.2) is 16.7 Å². The van der Waals surface area contributed by atoms with E-state index >= 15 is 0 Å². The van der Waals surface area contributed by atoms with Crippen LogP contribution in [0, 0.1) is 6.92 Å². The molecule has 1 aromatic rings. The van der Waals surface area contributed by atoms with Gasteiger partial charge in [-0.15, -0.1) is 0 Å². The van der Waals surface area contributed by atoms with Crippen molar-refractivity contribution in [3.63, 3.8) is 0 Å². The molecule has 0 amide bonds. The number of methoxy groups -OCH3 is 1. The van der Waals surface area contributed by atoms with Crippen LogP contribution in [-0.2, 0) is 11.5 Å². The molecular formula is C7H9ClN2O2. The summed E-state index contributed by atoms with van der Waals surface area (Å²) < 4.78 is 6.20. The largest absolute Gasteiger partial charge is 0.364 e. The van der Waals surface area contributed by atoms with E-state index in [1.165, 1.54) is 17.7 Å². The van der Waals surface area contributed by atoms with Crippen LogP contribution >= 0.6 is 11.6 Å². The van der Waals surface area contributed by atoms with Crippen LogP contribution in [0.3, 0.4) is 0 Å². The quantitative estimate of drug-likeness (QED) is 0.646. The second-order valence-corrected chi connectivity index (χ2v) is 2.70. The maximum atomic E-state index is 11.2. The number of halogens is 1. The fraction of sp³-hybridized carbons (Fsp3) is 0.429. The monoisotopic (exact) mass is 188 g/mol. The summed E-state index contributed by atoms with van der Waals surface area (Å²) in [6.07, 6.45) is 0. The molecule has 1 heterocycles. The van der Waals surface area contributed by atoms with Gasteiger partial charge in [-0.25, -0.2) is 4.98 Å². The van der Waals surface area contributed by atoms with Crippen molar-refractivity contribution in [2.75, 3.05) is 7.11 Å². The Morgan fingerprint density at radius 3 is 2.92 bits per heavy atom. The summed E-state index contributed by atoms with van der Waals surface area (Å²) in [5.74, 6) is 0.550. The van der Waals surface area contributed by atoms with Gasteiger partial charge in [-0.3, -0.25) is 9.36 Å². The van der Waals surface area contributed by atoms with Gasteiger partial charge in [-0.1, -0.05) is 11.6 Å². The number of aryl methyl sites for hydroxylation is 1.